The van der Waals surface area contributed by atoms with Gasteiger partial charge in [-0.15, -0.1) is 0 Å². The fourth-order valence-electron chi connectivity index (χ4n) is 5.18. The van der Waals surface area contributed by atoms with Crippen molar-refractivity contribution in [1.82, 2.24) is 19.4 Å². The van der Waals surface area contributed by atoms with E-state index in [0.717, 1.165) is 10.6 Å². The minimum Gasteiger partial charge on any atom is -0.484 e. The van der Waals surface area contributed by atoms with Crippen LogP contribution in [0.2, 0.25) is 5.02 Å². The maximum Gasteiger partial charge on any atom is 0.422 e. The van der Waals surface area contributed by atoms with Crippen molar-refractivity contribution in [2.45, 2.75) is 32.2 Å². The van der Waals surface area contributed by atoms with Crippen LogP contribution in [0.5, 0.6) is 11.5 Å². The number of halogens is 6. The molecular weight excluding hydrogens is 726 g/mol. The predicted molar refractivity (Wildman–Crippen MR) is 169 cm³/mol. The summed E-state index contributed by atoms with van der Waals surface area (Å²) >= 11 is 9.49. The summed E-state index contributed by atoms with van der Waals surface area (Å²) in [5.74, 6) is -1.89. The van der Waals surface area contributed by atoms with Gasteiger partial charge in [0.2, 0.25) is 0 Å². The van der Waals surface area contributed by atoms with Gasteiger partial charge in [0.15, 0.2) is 13.2 Å². The number of alkyl halides is 3. The number of fused-ring (bicyclic) bond motifs is 1. The molecule has 16 heteroatoms. The summed E-state index contributed by atoms with van der Waals surface area (Å²) in [4.78, 5) is 42.7. The van der Waals surface area contributed by atoms with Gasteiger partial charge in [-0.1, -0.05) is 17.7 Å². The Morgan fingerprint density at radius 1 is 1.06 bits per heavy atom. The molecule has 1 aliphatic rings. The lowest BCUT2D eigenvalue weighted by Gasteiger charge is -2.28. The van der Waals surface area contributed by atoms with Crippen molar-refractivity contribution in [3.63, 3.8) is 0 Å². The first-order valence-electron chi connectivity index (χ1n) is 14.3. The minimum absolute atomic E-state index is 0.0264. The molecule has 4 aromatic rings. The average molecular weight is 751 g/mol. The summed E-state index contributed by atoms with van der Waals surface area (Å²) in [5, 5.41) is 11.7. The number of imidazole rings is 1. The molecule has 1 unspecified atom stereocenters. The number of nitrogens with one attached hydrogen (secondary N) is 1. The Bertz CT molecular complexity index is 1970. The summed E-state index contributed by atoms with van der Waals surface area (Å²) in [6.45, 7) is -0.288. The van der Waals surface area contributed by atoms with Crippen molar-refractivity contribution in [2.75, 3.05) is 19.8 Å². The molecule has 0 aliphatic carbocycles. The number of rotatable bonds is 9. The van der Waals surface area contributed by atoms with E-state index in [1.54, 1.807) is 18.2 Å². The molecule has 5 rings (SSSR count). The number of benzene rings is 3. The van der Waals surface area contributed by atoms with Gasteiger partial charge in [0, 0.05) is 34.8 Å². The molecular formula is C32H25BrClF4N5O5. The van der Waals surface area contributed by atoms with Crippen molar-refractivity contribution in [3.05, 3.63) is 109 Å². The SMILES string of the molecule is CC(NC(=O)c1c2n(c(=O)n1-c1ccc(OCC(F)(F)F)cc1)CCN(C(=O)c1ccc(Br)c(Cl)c1)C2)c1ccc(OCC#N)cc1F. The van der Waals surface area contributed by atoms with Crippen LogP contribution in [-0.4, -0.2) is 51.8 Å². The first-order chi connectivity index (χ1) is 22.8. The second kappa shape index (κ2) is 14.1. The van der Waals surface area contributed by atoms with E-state index >= 15 is 4.39 Å². The highest BCUT2D eigenvalue weighted by molar-refractivity contribution is 9.10. The number of carbonyl (C=O) groups excluding carboxylic acids is 2. The second-order valence-corrected chi connectivity index (χ2v) is 11.9. The highest BCUT2D eigenvalue weighted by Gasteiger charge is 2.33. The third kappa shape index (κ3) is 7.50. The Morgan fingerprint density at radius 3 is 2.42 bits per heavy atom. The van der Waals surface area contributed by atoms with Crippen LogP contribution in [-0.2, 0) is 13.1 Å². The monoisotopic (exact) mass is 749 g/mol. The zero-order valence-corrected chi connectivity index (χ0v) is 27.3. The Balaban J connectivity index is 1.51. The predicted octanol–water partition coefficient (Wildman–Crippen LogP) is 6.18. The number of carbonyl (C=O) groups is 2. The van der Waals surface area contributed by atoms with Crippen LogP contribution in [0.15, 0.2) is 69.9 Å². The largest absolute Gasteiger partial charge is 0.484 e. The molecule has 2 heterocycles. The molecule has 0 radical (unpaired) electrons. The maximum atomic E-state index is 15.0. The number of ether oxygens (including phenoxy) is 2. The van der Waals surface area contributed by atoms with Crippen molar-refractivity contribution >= 4 is 39.3 Å². The lowest BCUT2D eigenvalue weighted by atomic mass is 10.1. The number of nitriles is 1. The molecule has 48 heavy (non-hydrogen) atoms. The third-order valence-corrected chi connectivity index (χ3v) is 8.67. The normalized spacial score (nSPS) is 13.3. The van der Waals surface area contributed by atoms with Gasteiger partial charge >= 0.3 is 11.9 Å². The lowest BCUT2D eigenvalue weighted by Crippen LogP contribution is -2.41. The Labute approximate surface area is 284 Å². The van der Waals surface area contributed by atoms with Gasteiger partial charge in [-0.25, -0.2) is 9.18 Å². The van der Waals surface area contributed by atoms with Gasteiger partial charge in [-0.05, 0) is 71.4 Å². The minimum atomic E-state index is -4.56. The molecule has 2 amide bonds. The van der Waals surface area contributed by atoms with Crippen LogP contribution in [0.25, 0.3) is 5.69 Å². The number of amides is 2. The topological polar surface area (TPSA) is 119 Å². The third-order valence-electron chi connectivity index (χ3n) is 7.43. The van der Waals surface area contributed by atoms with Crippen molar-refractivity contribution in [3.8, 4) is 23.3 Å². The van der Waals surface area contributed by atoms with E-state index in [-0.39, 0.29) is 65.9 Å². The van der Waals surface area contributed by atoms with Crippen LogP contribution >= 0.6 is 27.5 Å². The molecule has 0 spiro atoms. The van der Waals surface area contributed by atoms with E-state index in [9.17, 15) is 27.6 Å². The van der Waals surface area contributed by atoms with E-state index in [4.69, 9.17) is 26.3 Å². The lowest BCUT2D eigenvalue weighted by molar-refractivity contribution is -0.153. The van der Waals surface area contributed by atoms with Crippen LogP contribution in [0.3, 0.4) is 0 Å². The van der Waals surface area contributed by atoms with Crippen LogP contribution in [0, 0.1) is 17.1 Å². The first-order valence-corrected chi connectivity index (χ1v) is 15.4. The number of hydrogen-bond donors (Lipinski definition) is 1. The second-order valence-electron chi connectivity index (χ2n) is 10.6. The van der Waals surface area contributed by atoms with E-state index in [0.29, 0.717) is 9.50 Å². The van der Waals surface area contributed by atoms with E-state index in [1.807, 2.05) is 0 Å². The molecule has 10 nitrogen and oxygen atoms in total. The van der Waals surface area contributed by atoms with Crippen molar-refractivity contribution in [2.24, 2.45) is 0 Å². The fraction of sp³-hybridized carbons (Fsp3) is 0.250. The molecule has 0 fully saturated rings. The van der Waals surface area contributed by atoms with E-state index in [1.165, 1.54) is 58.9 Å². The van der Waals surface area contributed by atoms with Crippen molar-refractivity contribution in [1.29, 1.82) is 5.26 Å². The maximum absolute atomic E-state index is 15.0. The van der Waals surface area contributed by atoms with Crippen LogP contribution < -0.4 is 20.5 Å². The standard InChI is InChI=1S/C32H25BrClF4N5O5/c1-18(23-8-7-22(15-26(23)35)47-13-10-39)40-29(44)28-27-16-41(30(45)19-2-9-24(33)25(34)14-19)11-12-42(27)31(46)43(28)20-3-5-21(6-4-20)48-17-32(36,37)38/h2-9,14-15,18H,11-13,16-17H2,1H3,(H,40,44). The first kappa shape index (κ1) is 34.5. The quantitative estimate of drug-likeness (QED) is 0.204. The summed E-state index contributed by atoms with van der Waals surface area (Å²) < 4.78 is 66.0. The van der Waals surface area contributed by atoms with Crippen molar-refractivity contribution < 1.29 is 36.6 Å². The molecule has 250 valence electrons. The summed E-state index contributed by atoms with van der Waals surface area (Å²) in [7, 11) is 0. The van der Waals surface area contributed by atoms with Gasteiger partial charge in [0.1, 0.15) is 29.1 Å². The molecule has 0 saturated carbocycles. The highest BCUT2D eigenvalue weighted by atomic mass is 79.9. The molecule has 1 N–H and O–H groups in total. The Morgan fingerprint density at radius 2 is 1.77 bits per heavy atom. The Kier molecular flexibility index (Phi) is 10.2. The van der Waals surface area contributed by atoms with Gasteiger partial charge < -0.3 is 19.7 Å². The molecule has 1 atom stereocenters. The van der Waals surface area contributed by atoms with Crippen LogP contribution in [0.4, 0.5) is 17.6 Å². The van der Waals surface area contributed by atoms with Crippen LogP contribution in [0.1, 0.15) is 45.1 Å². The number of hydrogen-bond acceptors (Lipinski definition) is 6. The van der Waals surface area contributed by atoms with E-state index < -0.39 is 42.1 Å². The molecule has 0 saturated heterocycles. The smallest absolute Gasteiger partial charge is 0.422 e. The average Bonchev–Trinajstić information content (AvgIpc) is 3.35. The highest BCUT2D eigenvalue weighted by Crippen LogP contribution is 2.28. The fourth-order valence-corrected chi connectivity index (χ4v) is 5.61. The molecule has 1 aromatic heterocycles. The van der Waals surface area contributed by atoms with Gasteiger partial charge in [-0.2, -0.15) is 18.4 Å². The number of aromatic nitrogens is 2. The van der Waals surface area contributed by atoms with Gasteiger partial charge in [0.05, 0.1) is 29.0 Å². The van der Waals surface area contributed by atoms with Gasteiger partial charge in [-0.3, -0.25) is 18.7 Å². The Hall–Kier alpha value is -4.81. The molecule has 1 aliphatic heterocycles. The van der Waals surface area contributed by atoms with Gasteiger partial charge in [0.25, 0.3) is 11.8 Å². The summed E-state index contributed by atoms with van der Waals surface area (Å²) in [6, 6.07) is 14.6. The van der Waals surface area contributed by atoms with E-state index in [2.05, 4.69) is 21.2 Å². The zero-order chi connectivity index (χ0) is 34.7. The summed E-state index contributed by atoms with van der Waals surface area (Å²) in [6.07, 6.45) is -4.56. The number of nitrogens with zero attached hydrogens (tertiary/aromatic N) is 4. The molecule has 0 bridgehead atoms. The summed E-state index contributed by atoms with van der Waals surface area (Å²) in [5.41, 5.74) is -0.0884. The molecule has 3 aromatic carbocycles. The zero-order valence-electron chi connectivity index (χ0n) is 25.0.